The molecule has 18 heavy (non-hydrogen) atoms. The van der Waals surface area contributed by atoms with E-state index in [1.165, 1.54) is 17.4 Å². The van der Waals surface area contributed by atoms with Crippen molar-refractivity contribution in [3.05, 3.63) is 38.9 Å². The zero-order chi connectivity index (χ0) is 13.3. The fourth-order valence-corrected chi connectivity index (χ4v) is 4.92. The predicted molar refractivity (Wildman–Crippen MR) is 74.5 cm³/mol. The Bertz CT molecular complexity index is 663. The van der Waals surface area contributed by atoms with E-state index in [4.69, 9.17) is 0 Å². The lowest BCUT2D eigenvalue weighted by Crippen LogP contribution is -2.15. The maximum atomic E-state index is 12.0. The van der Waals surface area contributed by atoms with Crippen LogP contribution < -0.4 is 0 Å². The van der Waals surface area contributed by atoms with Gasteiger partial charge in [-0.05, 0) is 31.4 Å². The molecular formula is C12H12O3S3. The first-order valence-corrected chi connectivity index (χ1v) is 8.61. The lowest BCUT2D eigenvalue weighted by Gasteiger charge is -2.01. The van der Waals surface area contributed by atoms with E-state index in [0.717, 1.165) is 21.1 Å². The molecule has 2 aromatic heterocycles. The van der Waals surface area contributed by atoms with Crippen LogP contribution in [0.2, 0.25) is 0 Å². The minimum Gasteiger partial charge on any atom is -0.293 e. The molecule has 2 aromatic rings. The molecule has 0 aliphatic rings. The Morgan fingerprint density at radius 2 is 2.06 bits per heavy atom. The molecule has 3 nitrogen and oxygen atoms in total. The molecule has 0 bridgehead atoms. The summed E-state index contributed by atoms with van der Waals surface area (Å²) in [6, 6.07) is 4.95. The van der Waals surface area contributed by atoms with Crippen LogP contribution in [0.5, 0.6) is 0 Å². The van der Waals surface area contributed by atoms with Gasteiger partial charge in [0.05, 0.1) is 0 Å². The molecule has 96 valence electrons. The number of Topliss-reactive ketones (excluding diaryl/α,β-unsaturated/α-hetero) is 1. The van der Waals surface area contributed by atoms with E-state index in [0.29, 0.717) is 5.56 Å². The molecule has 0 spiro atoms. The SMILES string of the molecule is Cc1cc(C(=O)CS(=O)(=O)c2cccs2)c(C)s1. The maximum absolute atomic E-state index is 12.0. The van der Waals surface area contributed by atoms with Crippen LogP contribution in [0.1, 0.15) is 20.1 Å². The summed E-state index contributed by atoms with van der Waals surface area (Å²) in [5.41, 5.74) is 0.526. The van der Waals surface area contributed by atoms with Crippen molar-refractivity contribution in [1.29, 1.82) is 0 Å². The maximum Gasteiger partial charge on any atom is 0.195 e. The van der Waals surface area contributed by atoms with E-state index in [2.05, 4.69) is 0 Å². The van der Waals surface area contributed by atoms with E-state index in [1.807, 2.05) is 13.8 Å². The van der Waals surface area contributed by atoms with Crippen molar-refractivity contribution in [2.45, 2.75) is 18.1 Å². The lowest BCUT2D eigenvalue weighted by molar-refractivity contribution is 0.102. The molecule has 6 heteroatoms. The second-order valence-corrected chi connectivity index (χ2v) is 8.57. The van der Waals surface area contributed by atoms with Crippen LogP contribution in [0.3, 0.4) is 0 Å². The van der Waals surface area contributed by atoms with Crippen molar-refractivity contribution in [3.8, 4) is 0 Å². The first-order valence-electron chi connectivity index (χ1n) is 5.26. The second kappa shape index (κ2) is 4.95. The highest BCUT2D eigenvalue weighted by Crippen LogP contribution is 2.23. The van der Waals surface area contributed by atoms with E-state index in [-0.39, 0.29) is 9.99 Å². The molecule has 0 aliphatic heterocycles. The van der Waals surface area contributed by atoms with Crippen LogP contribution in [0, 0.1) is 13.8 Å². The molecule has 0 amide bonds. The minimum atomic E-state index is -3.50. The van der Waals surface area contributed by atoms with Crippen LogP contribution in [0.4, 0.5) is 0 Å². The lowest BCUT2D eigenvalue weighted by atomic mass is 10.2. The summed E-state index contributed by atoms with van der Waals surface area (Å²) < 4.78 is 24.2. The molecular weight excluding hydrogens is 288 g/mol. The molecule has 2 heterocycles. The van der Waals surface area contributed by atoms with Crippen molar-refractivity contribution in [2.75, 3.05) is 5.75 Å². The zero-order valence-electron chi connectivity index (χ0n) is 9.97. The van der Waals surface area contributed by atoms with Crippen LogP contribution in [-0.2, 0) is 9.84 Å². The van der Waals surface area contributed by atoms with Gasteiger partial charge >= 0.3 is 0 Å². The largest absolute Gasteiger partial charge is 0.293 e. The Hall–Kier alpha value is -0.980. The van der Waals surface area contributed by atoms with Gasteiger partial charge in [0.25, 0.3) is 0 Å². The first kappa shape index (κ1) is 13.5. The first-order chi connectivity index (χ1) is 8.40. The van der Waals surface area contributed by atoms with Gasteiger partial charge in [0.15, 0.2) is 15.6 Å². The van der Waals surface area contributed by atoms with Crippen LogP contribution in [0.15, 0.2) is 27.8 Å². The Labute approximate surface area is 114 Å². The van der Waals surface area contributed by atoms with Gasteiger partial charge in [-0.3, -0.25) is 4.79 Å². The molecule has 0 radical (unpaired) electrons. The Balaban J connectivity index is 2.25. The highest BCUT2D eigenvalue weighted by atomic mass is 32.2. The number of hydrogen-bond donors (Lipinski definition) is 0. The zero-order valence-corrected chi connectivity index (χ0v) is 12.4. The van der Waals surface area contributed by atoms with Gasteiger partial charge in [0, 0.05) is 15.3 Å². The molecule has 0 N–H and O–H groups in total. The molecule has 0 saturated heterocycles. The van der Waals surface area contributed by atoms with Gasteiger partial charge in [0.1, 0.15) is 9.96 Å². The number of hydrogen-bond acceptors (Lipinski definition) is 5. The van der Waals surface area contributed by atoms with E-state index >= 15 is 0 Å². The highest BCUT2D eigenvalue weighted by Gasteiger charge is 2.23. The number of rotatable bonds is 4. The Kier molecular flexibility index (Phi) is 3.70. The average molecular weight is 300 g/mol. The monoisotopic (exact) mass is 300 g/mol. The number of sulfone groups is 1. The summed E-state index contributed by atoms with van der Waals surface area (Å²) in [5, 5.41) is 1.69. The predicted octanol–water partition coefficient (Wildman–Crippen LogP) is 3.08. The molecule has 0 atom stereocenters. The smallest absolute Gasteiger partial charge is 0.195 e. The third kappa shape index (κ3) is 2.71. The van der Waals surface area contributed by atoms with Crippen LogP contribution in [0.25, 0.3) is 0 Å². The van der Waals surface area contributed by atoms with Crippen molar-refractivity contribution in [2.24, 2.45) is 0 Å². The summed E-state index contributed by atoms with van der Waals surface area (Å²) in [5.74, 6) is -0.782. The Morgan fingerprint density at radius 1 is 1.33 bits per heavy atom. The second-order valence-electron chi connectivity index (χ2n) is 3.94. The number of ketones is 1. The molecule has 0 saturated carbocycles. The molecule has 0 aliphatic carbocycles. The fraction of sp³-hybridized carbons (Fsp3) is 0.250. The van der Waals surface area contributed by atoms with Crippen molar-refractivity contribution >= 4 is 38.3 Å². The molecule has 2 rings (SSSR count). The van der Waals surface area contributed by atoms with Crippen LogP contribution in [-0.4, -0.2) is 20.0 Å². The van der Waals surface area contributed by atoms with Crippen LogP contribution >= 0.6 is 22.7 Å². The third-order valence-corrected chi connectivity index (χ3v) is 6.53. The van der Waals surface area contributed by atoms with E-state index in [1.54, 1.807) is 17.5 Å². The molecule has 0 fully saturated rings. The summed E-state index contributed by atoms with van der Waals surface area (Å²) in [4.78, 5) is 13.9. The van der Waals surface area contributed by atoms with E-state index in [9.17, 15) is 13.2 Å². The van der Waals surface area contributed by atoms with Gasteiger partial charge < -0.3 is 0 Å². The van der Waals surface area contributed by atoms with Crippen molar-refractivity contribution < 1.29 is 13.2 Å². The van der Waals surface area contributed by atoms with E-state index < -0.39 is 15.6 Å². The highest BCUT2D eigenvalue weighted by molar-refractivity contribution is 7.94. The molecule has 0 unspecified atom stereocenters. The topological polar surface area (TPSA) is 51.2 Å². The average Bonchev–Trinajstić information content (AvgIpc) is 2.86. The number of thiophene rings is 2. The number of carbonyl (C=O) groups excluding carboxylic acids is 1. The summed E-state index contributed by atoms with van der Waals surface area (Å²) in [6.07, 6.45) is 0. The fourth-order valence-electron chi connectivity index (χ4n) is 1.67. The van der Waals surface area contributed by atoms with Gasteiger partial charge in [-0.2, -0.15) is 0 Å². The van der Waals surface area contributed by atoms with Gasteiger partial charge in [-0.15, -0.1) is 22.7 Å². The van der Waals surface area contributed by atoms with Gasteiger partial charge in [0.2, 0.25) is 0 Å². The summed E-state index contributed by atoms with van der Waals surface area (Å²) >= 11 is 2.65. The summed E-state index contributed by atoms with van der Waals surface area (Å²) in [6.45, 7) is 3.74. The molecule has 0 aromatic carbocycles. The Morgan fingerprint density at radius 3 is 2.56 bits per heavy atom. The quantitative estimate of drug-likeness (QED) is 0.815. The number of aryl methyl sites for hydroxylation is 2. The standard InChI is InChI=1S/C12H12O3S3/c1-8-6-10(9(2)17-8)11(13)7-18(14,15)12-4-3-5-16-12/h3-6H,7H2,1-2H3. The summed E-state index contributed by atoms with van der Waals surface area (Å²) in [7, 11) is -3.50. The number of carbonyl (C=O) groups is 1. The minimum absolute atomic E-state index is 0.250. The third-order valence-electron chi connectivity index (χ3n) is 2.46. The normalized spacial score (nSPS) is 11.7. The van der Waals surface area contributed by atoms with Gasteiger partial charge in [-0.1, -0.05) is 6.07 Å². The van der Waals surface area contributed by atoms with Gasteiger partial charge in [-0.25, -0.2) is 8.42 Å². The van der Waals surface area contributed by atoms with Crippen molar-refractivity contribution in [3.63, 3.8) is 0 Å². The van der Waals surface area contributed by atoms with Crippen molar-refractivity contribution in [1.82, 2.24) is 0 Å².